The molecule has 0 atom stereocenters. The van der Waals surface area contributed by atoms with Gasteiger partial charge >= 0.3 is 0 Å². The number of H-pyrrole nitrogens is 1. The van der Waals surface area contributed by atoms with Crippen molar-refractivity contribution in [3.05, 3.63) is 88.5 Å². The smallest absolute Gasteiger partial charge is 0.216 e. The standard InChI is InChI=1S/C32H37N3O2/c1-7-9-10-13-26(22(5)21(3)4)31(36)16-15-28(33)23-12-11-14-29-24(19-23)20-30(35-29)27-17-18-34-32(37-6)25(27)8-2/h7,12,14,17-20,33,35H,1,3,8-10,13,15-16H2,2,4-6H3/b26-22+,33-28?. The third-order valence-electron chi connectivity index (χ3n) is 6.73. The maximum Gasteiger partial charge on any atom is 0.216 e. The number of Topliss-reactive ketones (excluding diaryl/α,β-unsaturated/α-hetero) is 1. The average molecular weight is 496 g/mol. The minimum absolute atomic E-state index is 0.0893. The second kappa shape index (κ2) is 12.8. The quantitative estimate of drug-likeness (QED) is 0.0742. The highest BCUT2D eigenvalue weighted by molar-refractivity contribution is 6.07. The molecule has 0 saturated carbocycles. The summed E-state index contributed by atoms with van der Waals surface area (Å²) in [6.45, 7) is 13.8. The number of carbonyl (C=O) groups excluding carboxylic acids is 1. The van der Waals surface area contributed by atoms with Crippen LogP contribution in [0.5, 0.6) is 5.88 Å². The van der Waals surface area contributed by atoms with E-state index in [-0.39, 0.29) is 5.78 Å². The molecule has 0 unspecified atom stereocenters. The first-order valence-electron chi connectivity index (χ1n) is 12.8. The molecule has 2 heterocycles. The summed E-state index contributed by atoms with van der Waals surface area (Å²) in [7, 11) is 1.63. The first-order valence-corrected chi connectivity index (χ1v) is 12.8. The van der Waals surface area contributed by atoms with Gasteiger partial charge in [-0.05, 0) is 81.4 Å². The van der Waals surface area contributed by atoms with Crippen molar-refractivity contribution in [2.24, 2.45) is 0 Å². The summed E-state index contributed by atoms with van der Waals surface area (Å²) in [5.41, 5.74) is 12.0. The second-order valence-corrected chi connectivity index (χ2v) is 9.27. The maximum atomic E-state index is 13.1. The van der Waals surface area contributed by atoms with Crippen molar-refractivity contribution in [3.8, 4) is 17.1 Å². The van der Waals surface area contributed by atoms with Gasteiger partial charge in [0.15, 0.2) is 5.78 Å². The predicted octanol–water partition coefficient (Wildman–Crippen LogP) is 7.83. The topological polar surface area (TPSA) is 78.8 Å². The molecule has 0 amide bonds. The zero-order valence-electron chi connectivity index (χ0n) is 22.5. The van der Waals surface area contributed by atoms with Gasteiger partial charge in [-0.1, -0.05) is 25.2 Å². The summed E-state index contributed by atoms with van der Waals surface area (Å²) < 4.78 is 5.46. The van der Waals surface area contributed by atoms with E-state index in [0.717, 1.165) is 69.6 Å². The SMILES string of the molecule is C=CCCC/C(C(=O)CCC(=N)C1=Cc2cc(-c3ccnc(OC)c3CC)[nH]c2C=C=C1)=C(/C)C(=C)C. The number of hydrogen-bond acceptors (Lipinski definition) is 4. The zero-order chi connectivity index (χ0) is 26.9. The fourth-order valence-corrected chi connectivity index (χ4v) is 4.46. The Morgan fingerprint density at radius 3 is 2.70 bits per heavy atom. The van der Waals surface area contributed by atoms with Crippen molar-refractivity contribution in [2.75, 3.05) is 7.11 Å². The maximum absolute atomic E-state index is 13.1. The summed E-state index contributed by atoms with van der Waals surface area (Å²) in [6.07, 6.45) is 13.2. The molecule has 5 nitrogen and oxygen atoms in total. The van der Waals surface area contributed by atoms with Crippen molar-refractivity contribution < 1.29 is 9.53 Å². The number of aromatic nitrogens is 2. The average Bonchev–Trinajstić information content (AvgIpc) is 3.19. The van der Waals surface area contributed by atoms with Crippen molar-refractivity contribution in [1.29, 1.82) is 5.41 Å². The molecule has 0 bridgehead atoms. The van der Waals surface area contributed by atoms with Gasteiger partial charge in [-0.15, -0.1) is 12.3 Å². The molecule has 2 aromatic rings. The molecule has 0 fully saturated rings. The normalized spacial score (nSPS) is 12.8. The van der Waals surface area contributed by atoms with Gasteiger partial charge in [0, 0.05) is 52.4 Å². The lowest BCUT2D eigenvalue weighted by molar-refractivity contribution is -0.115. The summed E-state index contributed by atoms with van der Waals surface area (Å²) in [4.78, 5) is 20.9. The number of pyridine rings is 1. The molecule has 0 aliphatic heterocycles. The number of nitrogens with zero attached hydrogens (tertiary/aromatic N) is 1. The Labute approximate surface area is 220 Å². The van der Waals surface area contributed by atoms with Crippen LogP contribution in [0.4, 0.5) is 0 Å². The first-order chi connectivity index (χ1) is 17.8. The number of methoxy groups -OCH3 is 1. The summed E-state index contributed by atoms with van der Waals surface area (Å²) >= 11 is 0. The van der Waals surface area contributed by atoms with Crippen LogP contribution >= 0.6 is 0 Å². The van der Waals surface area contributed by atoms with Gasteiger partial charge < -0.3 is 15.1 Å². The van der Waals surface area contributed by atoms with Crippen LogP contribution in [-0.4, -0.2) is 28.6 Å². The molecule has 192 valence electrons. The van der Waals surface area contributed by atoms with Crippen molar-refractivity contribution in [1.82, 2.24) is 9.97 Å². The summed E-state index contributed by atoms with van der Waals surface area (Å²) in [6, 6.07) is 4.06. The molecule has 37 heavy (non-hydrogen) atoms. The molecular weight excluding hydrogens is 458 g/mol. The van der Waals surface area contributed by atoms with Crippen molar-refractivity contribution in [3.63, 3.8) is 0 Å². The van der Waals surface area contributed by atoms with Gasteiger partial charge in [-0.2, -0.15) is 0 Å². The van der Waals surface area contributed by atoms with Crippen molar-refractivity contribution >= 4 is 23.6 Å². The fraction of sp³-hybridized carbons (Fsp3) is 0.312. The molecule has 2 N–H and O–H groups in total. The third-order valence-corrected chi connectivity index (χ3v) is 6.73. The molecule has 3 rings (SSSR count). The third kappa shape index (κ3) is 6.63. The summed E-state index contributed by atoms with van der Waals surface area (Å²) in [5.74, 6) is 0.717. The molecule has 1 aliphatic rings. The number of allylic oxidation sites excluding steroid dienone is 6. The van der Waals surface area contributed by atoms with Gasteiger partial charge in [0.25, 0.3) is 0 Å². The highest BCUT2D eigenvalue weighted by Gasteiger charge is 2.17. The number of carbonyl (C=O) groups is 1. The number of fused-ring (bicyclic) bond motifs is 1. The van der Waals surface area contributed by atoms with Gasteiger partial charge in [-0.25, -0.2) is 4.98 Å². The van der Waals surface area contributed by atoms with E-state index in [1.165, 1.54) is 0 Å². The molecule has 0 spiro atoms. The van der Waals surface area contributed by atoms with Crippen LogP contribution < -0.4 is 4.74 Å². The monoisotopic (exact) mass is 495 g/mol. The Morgan fingerprint density at radius 1 is 1.24 bits per heavy atom. The first kappa shape index (κ1) is 27.6. The number of aromatic amines is 1. The van der Waals surface area contributed by atoms with Gasteiger partial charge in [0.1, 0.15) is 0 Å². The summed E-state index contributed by atoms with van der Waals surface area (Å²) in [5, 5.41) is 8.72. The van der Waals surface area contributed by atoms with Crippen LogP contribution in [0.3, 0.4) is 0 Å². The van der Waals surface area contributed by atoms with Crippen LogP contribution in [0.15, 0.2) is 71.7 Å². The minimum Gasteiger partial charge on any atom is -0.481 e. The second-order valence-electron chi connectivity index (χ2n) is 9.27. The largest absolute Gasteiger partial charge is 0.481 e. The Morgan fingerprint density at radius 2 is 2.03 bits per heavy atom. The van der Waals surface area contributed by atoms with E-state index in [4.69, 9.17) is 10.1 Å². The van der Waals surface area contributed by atoms with Crippen LogP contribution in [0.1, 0.15) is 69.7 Å². The molecule has 2 aromatic heterocycles. The van der Waals surface area contributed by atoms with Gasteiger partial charge in [0.2, 0.25) is 5.88 Å². The molecule has 5 heteroatoms. The number of hydrogen-bond donors (Lipinski definition) is 2. The van der Waals surface area contributed by atoms with E-state index in [1.54, 1.807) is 13.3 Å². The van der Waals surface area contributed by atoms with Gasteiger partial charge in [0.05, 0.1) is 12.8 Å². The Bertz CT molecular complexity index is 1340. The van der Waals surface area contributed by atoms with E-state index in [2.05, 4.69) is 41.8 Å². The molecule has 0 radical (unpaired) electrons. The Kier molecular flexibility index (Phi) is 9.59. The number of ether oxygens (including phenoxy) is 1. The van der Waals surface area contributed by atoms with Crippen LogP contribution in [0.25, 0.3) is 23.4 Å². The Balaban J connectivity index is 1.81. The van der Waals surface area contributed by atoms with E-state index in [1.807, 2.05) is 44.2 Å². The molecule has 0 aromatic carbocycles. The van der Waals surface area contributed by atoms with E-state index >= 15 is 0 Å². The Hall–Kier alpha value is -3.95. The lowest BCUT2D eigenvalue weighted by atomic mass is 9.92. The highest BCUT2D eigenvalue weighted by atomic mass is 16.5. The number of rotatable bonds is 13. The van der Waals surface area contributed by atoms with Crippen LogP contribution in [-0.2, 0) is 11.2 Å². The number of unbranched alkanes of at least 4 members (excludes halogenated alkanes) is 1. The minimum atomic E-state index is 0.0893. The number of nitrogens with one attached hydrogen (secondary N) is 2. The lowest BCUT2D eigenvalue weighted by Crippen LogP contribution is -2.09. The van der Waals surface area contributed by atoms with Crippen molar-refractivity contribution in [2.45, 2.75) is 59.3 Å². The van der Waals surface area contributed by atoms with Gasteiger partial charge in [-0.3, -0.25) is 4.79 Å². The fourth-order valence-electron chi connectivity index (χ4n) is 4.46. The van der Waals surface area contributed by atoms with E-state index in [9.17, 15) is 4.79 Å². The highest BCUT2D eigenvalue weighted by Crippen LogP contribution is 2.32. The van der Waals surface area contributed by atoms with E-state index < -0.39 is 0 Å². The zero-order valence-corrected chi connectivity index (χ0v) is 22.5. The molecular formula is C32H37N3O2. The van der Waals surface area contributed by atoms with E-state index in [0.29, 0.717) is 30.9 Å². The molecule has 1 aliphatic carbocycles. The lowest BCUT2D eigenvalue weighted by Gasteiger charge is -2.12. The number of ketones is 1. The molecule has 0 saturated heterocycles. The van der Waals surface area contributed by atoms with Crippen LogP contribution in [0, 0.1) is 5.41 Å². The van der Waals surface area contributed by atoms with Crippen LogP contribution in [0.2, 0.25) is 0 Å². The predicted molar refractivity (Wildman–Crippen MR) is 154 cm³/mol.